The van der Waals surface area contributed by atoms with Crippen molar-refractivity contribution >= 4 is 17.3 Å². The molecule has 0 bridgehead atoms. The number of halogens is 1. The molecule has 0 saturated carbocycles. The van der Waals surface area contributed by atoms with Crippen molar-refractivity contribution in [3.63, 3.8) is 0 Å². The van der Waals surface area contributed by atoms with E-state index < -0.39 is 0 Å². The Morgan fingerprint density at radius 3 is 2.44 bits per heavy atom. The summed E-state index contributed by atoms with van der Waals surface area (Å²) >= 11 is 6.22. The highest BCUT2D eigenvalue weighted by molar-refractivity contribution is 6.33. The zero-order valence-electron chi connectivity index (χ0n) is 18.0. The van der Waals surface area contributed by atoms with Crippen LogP contribution in [0.4, 0.5) is 5.69 Å². The number of hydrogen-bond acceptors (Lipinski definition) is 3. The molecule has 2 aliphatic rings. The second kappa shape index (κ2) is 11.4. The molecule has 1 aromatic rings. The highest BCUT2D eigenvalue weighted by Crippen LogP contribution is 2.45. The van der Waals surface area contributed by atoms with Crippen LogP contribution in [-0.2, 0) is 6.42 Å². The highest BCUT2D eigenvalue weighted by Gasteiger charge is 2.36. The van der Waals surface area contributed by atoms with E-state index in [0.29, 0.717) is 22.7 Å². The van der Waals surface area contributed by atoms with Crippen molar-refractivity contribution < 1.29 is 0 Å². The summed E-state index contributed by atoms with van der Waals surface area (Å²) in [7, 11) is 2.21. The number of nitroso groups, excluding NO2 is 1. The Balaban J connectivity index is 0.000000855. The van der Waals surface area contributed by atoms with Crippen molar-refractivity contribution in [2.75, 3.05) is 13.6 Å². The van der Waals surface area contributed by atoms with Gasteiger partial charge in [-0.3, -0.25) is 0 Å². The number of rotatable bonds is 2. The number of nitrogens with zero attached hydrogens (tertiary/aromatic N) is 2. The predicted molar refractivity (Wildman–Crippen MR) is 119 cm³/mol. The Kier molecular flexibility index (Phi) is 9.97. The molecule has 1 aromatic carbocycles. The molecule has 0 fully saturated rings. The van der Waals surface area contributed by atoms with Crippen LogP contribution in [0.15, 0.2) is 40.6 Å². The van der Waals surface area contributed by atoms with Crippen molar-refractivity contribution in [3.8, 4) is 0 Å². The summed E-state index contributed by atoms with van der Waals surface area (Å²) in [6, 6.07) is 4.33. The fraction of sp³-hybridized carbons (Fsp3) is 0.565. The van der Waals surface area contributed by atoms with E-state index in [0.717, 1.165) is 25.8 Å². The Labute approximate surface area is 170 Å². The van der Waals surface area contributed by atoms with Gasteiger partial charge in [0, 0.05) is 18.5 Å². The maximum atomic E-state index is 11.1. The molecular weight excluding hydrogens is 356 g/mol. The van der Waals surface area contributed by atoms with Crippen LogP contribution < -0.4 is 0 Å². The summed E-state index contributed by atoms with van der Waals surface area (Å²) in [5.41, 5.74) is 5.67. The molecule has 2 unspecified atom stereocenters. The van der Waals surface area contributed by atoms with Crippen LogP contribution in [0.5, 0.6) is 0 Å². The van der Waals surface area contributed by atoms with Crippen LogP contribution in [-0.4, -0.2) is 24.5 Å². The lowest BCUT2D eigenvalue weighted by Gasteiger charge is -2.38. The molecule has 0 saturated heterocycles. The second-order valence-electron chi connectivity index (χ2n) is 6.64. The number of likely N-dealkylation sites (N-methyl/N-ethyl adjacent to an activating group) is 1. The summed E-state index contributed by atoms with van der Waals surface area (Å²) in [6.45, 7) is 13.3. The molecule has 0 aromatic heterocycles. The van der Waals surface area contributed by atoms with Crippen molar-refractivity contribution in [2.45, 2.75) is 72.8 Å². The van der Waals surface area contributed by atoms with Crippen LogP contribution in [0.1, 0.15) is 71.4 Å². The normalized spacial score (nSPS) is 21.9. The Morgan fingerprint density at radius 2 is 1.85 bits per heavy atom. The molecule has 0 spiro atoms. The van der Waals surface area contributed by atoms with E-state index in [1.54, 1.807) is 0 Å². The molecule has 1 aliphatic heterocycles. The molecule has 0 radical (unpaired) electrons. The van der Waals surface area contributed by atoms with Gasteiger partial charge in [-0.2, -0.15) is 0 Å². The monoisotopic (exact) mass is 390 g/mol. The SMILES string of the molecule is C/C=C\C1=C(C)CCC2C1c1cc(N=O)c(Cl)cc1CCN2C.CC.CC. The lowest BCUT2D eigenvalue weighted by Crippen LogP contribution is -2.38. The van der Waals surface area contributed by atoms with Gasteiger partial charge in [0.15, 0.2) is 0 Å². The number of allylic oxidation sites excluding steroid dienone is 3. The largest absolute Gasteiger partial charge is 0.302 e. The van der Waals surface area contributed by atoms with Crippen LogP contribution >= 0.6 is 11.6 Å². The van der Waals surface area contributed by atoms with Crippen molar-refractivity contribution in [3.05, 3.63) is 56.5 Å². The van der Waals surface area contributed by atoms with Gasteiger partial charge in [-0.1, -0.05) is 57.0 Å². The minimum absolute atomic E-state index is 0.292. The minimum atomic E-state index is 0.292. The minimum Gasteiger partial charge on any atom is -0.302 e. The molecule has 150 valence electrons. The molecule has 4 heteroatoms. The zero-order chi connectivity index (χ0) is 20.6. The molecule has 2 atom stereocenters. The van der Waals surface area contributed by atoms with Gasteiger partial charge in [0.05, 0.1) is 5.02 Å². The second-order valence-corrected chi connectivity index (χ2v) is 7.05. The molecular formula is C23H35ClN2O. The number of hydrogen-bond donors (Lipinski definition) is 0. The van der Waals surface area contributed by atoms with E-state index in [1.807, 2.05) is 39.8 Å². The summed E-state index contributed by atoms with van der Waals surface area (Å²) in [5, 5.41) is 3.59. The third-order valence-electron chi connectivity index (χ3n) is 5.32. The lowest BCUT2D eigenvalue weighted by molar-refractivity contribution is 0.214. The van der Waals surface area contributed by atoms with Crippen LogP contribution in [0, 0.1) is 4.91 Å². The average Bonchev–Trinajstić information content (AvgIpc) is 2.83. The lowest BCUT2D eigenvalue weighted by atomic mass is 9.74. The molecule has 1 heterocycles. The van der Waals surface area contributed by atoms with E-state index in [2.05, 4.69) is 43.1 Å². The molecule has 3 nitrogen and oxygen atoms in total. The average molecular weight is 391 g/mol. The zero-order valence-corrected chi connectivity index (χ0v) is 18.7. The number of benzene rings is 1. The maximum Gasteiger partial charge on any atom is 0.126 e. The molecule has 3 rings (SSSR count). The van der Waals surface area contributed by atoms with Gasteiger partial charge in [-0.05, 0) is 74.2 Å². The standard InChI is InChI=1S/C19H23ClN2O.2C2H6/c1-4-5-14-12(2)6-7-18-19(14)15-11-17(21-23)16(20)10-13(15)8-9-22(18)3;2*1-2/h4-5,10-11,18-19H,6-9H2,1-3H3;2*1-2H3/b5-4-;;. The van der Waals surface area contributed by atoms with Gasteiger partial charge in [0.1, 0.15) is 5.69 Å². The van der Waals surface area contributed by atoms with Crippen LogP contribution in [0.2, 0.25) is 5.02 Å². The number of fused-ring (bicyclic) bond motifs is 3. The van der Waals surface area contributed by atoms with Gasteiger partial charge < -0.3 is 4.90 Å². The van der Waals surface area contributed by atoms with Gasteiger partial charge in [-0.15, -0.1) is 4.91 Å². The van der Waals surface area contributed by atoms with E-state index in [-0.39, 0.29) is 0 Å². The van der Waals surface area contributed by atoms with Crippen LogP contribution in [0.25, 0.3) is 0 Å². The molecule has 1 aliphatic carbocycles. The van der Waals surface area contributed by atoms with E-state index in [9.17, 15) is 4.91 Å². The first-order valence-electron chi connectivity index (χ1n) is 10.2. The third-order valence-corrected chi connectivity index (χ3v) is 5.62. The van der Waals surface area contributed by atoms with E-state index >= 15 is 0 Å². The summed E-state index contributed by atoms with van der Waals surface area (Å²) < 4.78 is 0. The first kappa shape index (κ1) is 23.6. The smallest absolute Gasteiger partial charge is 0.126 e. The fourth-order valence-electron chi connectivity index (χ4n) is 4.08. The van der Waals surface area contributed by atoms with E-state index in [1.165, 1.54) is 22.3 Å². The Morgan fingerprint density at radius 1 is 1.19 bits per heavy atom. The molecule has 27 heavy (non-hydrogen) atoms. The quantitative estimate of drug-likeness (QED) is 0.492. The van der Waals surface area contributed by atoms with Gasteiger partial charge in [0.2, 0.25) is 0 Å². The summed E-state index contributed by atoms with van der Waals surface area (Å²) in [4.78, 5) is 13.6. The van der Waals surface area contributed by atoms with Crippen molar-refractivity contribution in [1.29, 1.82) is 0 Å². The summed E-state index contributed by atoms with van der Waals surface area (Å²) in [5.74, 6) is 0.292. The topological polar surface area (TPSA) is 32.7 Å². The first-order valence-corrected chi connectivity index (χ1v) is 10.6. The Hall–Kier alpha value is -1.45. The van der Waals surface area contributed by atoms with Gasteiger partial charge in [-0.25, -0.2) is 0 Å². The summed E-state index contributed by atoms with van der Waals surface area (Å²) in [6.07, 6.45) is 7.59. The van der Waals surface area contributed by atoms with Gasteiger partial charge in [0.25, 0.3) is 0 Å². The predicted octanol–water partition coefficient (Wildman–Crippen LogP) is 7.42. The van der Waals surface area contributed by atoms with Crippen molar-refractivity contribution in [2.24, 2.45) is 5.18 Å². The van der Waals surface area contributed by atoms with E-state index in [4.69, 9.17) is 11.6 Å². The maximum absolute atomic E-state index is 11.1. The molecule has 0 N–H and O–H groups in total. The van der Waals surface area contributed by atoms with Crippen LogP contribution in [0.3, 0.4) is 0 Å². The van der Waals surface area contributed by atoms with Crippen molar-refractivity contribution in [1.82, 2.24) is 4.90 Å². The highest BCUT2D eigenvalue weighted by atomic mass is 35.5. The molecule has 0 amide bonds. The first-order chi connectivity index (χ1) is 13.1. The fourth-order valence-corrected chi connectivity index (χ4v) is 4.30. The Bertz CT molecular complexity index is 694. The van der Waals surface area contributed by atoms with Gasteiger partial charge >= 0.3 is 0 Å². The third kappa shape index (κ3) is 5.08.